The Hall–Kier alpha value is -1.56. The molecule has 1 atom stereocenters. The minimum absolute atomic E-state index is 0.0753. The van der Waals surface area contributed by atoms with Crippen molar-refractivity contribution in [1.29, 1.82) is 0 Å². The fraction of sp³-hybridized carbons (Fsp3) is 0.696. The van der Waals surface area contributed by atoms with E-state index < -0.39 is 4.75 Å². The van der Waals surface area contributed by atoms with Crippen LogP contribution in [0.4, 0.5) is 0 Å². The predicted molar refractivity (Wildman–Crippen MR) is 116 cm³/mol. The van der Waals surface area contributed by atoms with Gasteiger partial charge in [-0.05, 0) is 87.7 Å². The molecule has 2 bridgehead atoms. The molecule has 156 valence electrons. The highest BCUT2D eigenvalue weighted by atomic mass is 32.2. The van der Waals surface area contributed by atoms with Crippen LogP contribution in [0.2, 0.25) is 0 Å². The molecule has 5 rings (SSSR count). The molecule has 1 aromatic rings. The van der Waals surface area contributed by atoms with Crippen LogP contribution in [0.15, 0.2) is 23.3 Å². The number of likely N-dealkylation sites (tertiary alicyclic amines) is 1. The molecule has 1 N–H and O–H groups in total. The third-order valence-corrected chi connectivity index (χ3v) is 9.11. The van der Waals surface area contributed by atoms with E-state index in [4.69, 9.17) is 0 Å². The number of aromatic amines is 1. The smallest absolute Gasteiger partial charge is 0.270 e. The highest BCUT2D eigenvalue weighted by molar-refractivity contribution is 8.16. The zero-order chi connectivity index (χ0) is 20.1. The molecule has 5 nitrogen and oxygen atoms in total. The average Bonchev–Trinajstić information content (AvgIpc) is 3.48. The van der Waals surface area contributed by atoms with Crippen molar-refractivity contribution in [3.63, 3.8) is 0 Å². The van der Waals surface area contributed by atoms with Gasteiger partial charge in [0, 0.05) is 25.7 Å². The van der Waals surface area contributed by atoms with Gasteiger partial charge in [-0.25, -0.2) is 4.99 Å². The topological polar surface area (TPSA) is 65.5 Å². The lowest BCUT2D eigenvalue weighted by Gasteiger charge is -2.35. The first-order chi connectivity index (χ1) is 13.9. The number of hydrogen-bond acceptors (Lipinski definition) is 3. The molecule has 29 heavy (non-hydrogen) atoms. The summed E-state index contributed by atoms with van der Waals surface area (Å²) in [4.78, 5) is 34.8. The number of amides is 2. The Morgan fingerprint density at radius 2 is 2.03 bits per heavy atom. The molecule has 2 aliphatic carbocycles. The predicted octanol–water partition coefficient (Wildman–Crippen LogP) is 4.66. The quantitative estimate of drug-likeness (QED) is 0.764. The van der Waals surface area contributed by atoms with Gasteiger partial charge in [0.1, 0.15) is 10.4 Å². The van der Waals surface area contributed by atoms with Crippen molar-refractivity contribution in [1.82, 2.24) is 9.88 Å². The van der Waals surface area contributed by atoms with Crippen LogP contribution in [0.1, 0.15) is 75.2 Å². The fourth-order valence-electron chi connectivity index (χ4n) is 6.17. The van der Waals surface area contributed by atoms with Crippen LogP contribution in [-0.2, 0) is 4.79 Å². The molecule has 2 aliphatic heterocycles. The number of nitrogens with zero attached hydrogens (tertiary/aromatic N) is 2. The lowest BCUT2D eigenvalue weighted by atomic mass is 9.81. The van der Waals surface area contributed by atoms with Crippen molar-refractivity contribution < 1.29 is 9.59 Å². The summed E-state index contributed by atoms with van der Waals surface area (Å²) in [5.74, 6) is 1.58. The van der Waals surface area contributed by atoms with Crippen molar-refractivity contribution in [3.8, 4) is 0 Å². The van der Waals surface area contributed by atoms with Gasteiger partial charge in [-0.15, -0.1) is 0 Å². The fourth-order valence-corrected chi connectivity index (χ4v) is 7.65. The van der Waals surface area contributed by atoms with Crippen LogP contribution in [-0.4, -0.2) is 44.6 Å². The third kappa shape index (κ3) is 3.69. The van der Waals surface area contributed by atoms with Gasteiger partial charge in [-0.1, -0.05) is 11.8 Å². The van der Waals surface area contributed by atoms with Crippen LogP contribution >= 0.6 is 11.8 Å². The number of aliphatic imine (C=N–C) groups is 1. The normalized spacial score (nSPS) is 34.8. The minimum atomic E-state index is -0.404. The first-order valence-electron chi connectivity index (χ1n) is 11.2. The first-order valence-corrected chi connectivity index (χ1v) is 12.0. The van der Waals surface area contributed by atoms with E-state index in [2.05, 4.69) is 16.9 Å². The summed E-state index contributed by atoms with van der Waals surface area (Å²) in [5.41, 5.74) is 1.11. The molecule has 2 saturated carbocycles. The summed E-state index contributed by atoms with van der Waals surface area (Å²) < 4.78 is -0.404. The number of piperidine rings is 1. The molecule has 1 unspecified atom stereocenters. The van der Waals surface area contributed by atoms with E-state index in [1.165, 1.54) is 32.1 Å². The van der Waals surface area contributed by atoms with Gasteiger partial charge in [0.15, 0.2) is 0 Å². The summed E-state index contributed by atoms with van der Waals surface area (Å²) in [6.45, 7) is 3.64. The van der Waals surface area contributed by atoms with E-state index >= 15 is 0 Å². The number of H-pyrrole nitrogens is 1. The molecule has 0 spiro atoms. The zero-order valence-corrected chi connectivity index (χ0v) is 18.1. The first kappa shape index (κ1) is 19.4. The van der Waals surface area contributed by atoms with Crippen LogP contribution < -0.4 is 0 Å². The Kier molecular flexibility index (Phi) is 4.88. The van der Waals surface area contributed by atoms with E-state index in [0.717, 1.165) is 49.7 Å². The lowest BCUT2D eigenvalue weighted by Crippen LogP contribution is -2.41. The number of nitrogens with one attached hydrogen (secondary N) is 1. The van der Waals surface area contributed by atoms with Crippen LogP contribution in [0.5, 0.6) is 0 Å². The second kappa shape index (κ2) is 7.29. The zero-order valence-electron chi connectivity index (χ0n) is 17.3. The number of carbonyl (C=O) groups is 2. The maximum atomic E-state index is 12.8. The van der Waals surface area contributed by atoms with E-state index in [1.807, 2.05) is 17.0 Å². The number of thioether (sulfide) groups is 1. The summed E-state index contributed by atoms with van der Waals surface area (Å²) in [7, 11) is 0. The van der Waals surface area contributed by atoms with Gasteiger partial charge >= 0.3 is 0 Å². The number of hydrogen-bond donors (Lipinski definition) is 1. The maximum absolute atomic E-state index is 12.8. The van der Waals surface area contributed by atoms with E-state index in [-0.39, 0.29) is 11.8 Å². The number of carbonyl (C=O) groups excluding carboxylic acids is 2. The Morgan fingerprint density at radius 3 is 2.66 bits per heavy atom. The number of rotatable bonds is 5. The average molecular weight is 414 g/mol. The summed E-state index contributed by atoms with van der Waals surface area (Å²) >= 11 is 1.75. The standard InChI is InChI=1S/C23H31N3O2S/c1-22(13-17-6-11-26(12-7-17)20(27)18-3-2-10-24-18)21(28)25-19(29-22)15-23-8-4-16(14-23)5-9-23/h2-3,10,16-17,24H,4-9,11-15H2,1H3. The van der Waals surface area contributed by atoms with Crippen molar-refractivity contribution in [2.75, 3.05) is 13.1 Å². The van der Waals surface area contributed by atoms with Crippen LogP contribution in [0.25, 0.3) is 0 Å². The largest absolute Gasteiger partial charge is 0.357 e. The molecular weight excluding hydrogens is 382 g/mol. The monoisotopic (exact) mass is 413 g/mol. The van der Waals surface area contributed by atoms with Gasteiger partial charge in [-0.2, -0.15) is 0 Å². The van der Waals surface area contributed by atoms with Crippen molar-refractivity contribution in [3.05, 3.63) is 24.0 Å². The summed E-state index contributed by atoms with van der Waals surface area (Å²) in [5, 5.41) is 1.10. The molecule has 2 amide bonds. The molecule has 1 aromatic heterocycles. The molecule has 0 aromatic carbocycles. The SMILES string of the molecule is CC1(CC2CCN(C(=O)c3ccc[nH]3)CC2)SC(CC23CCC(CC2)C3)=NC1=O. The Balaban J connectivity index is 1.15. The number of aromatic nitrogens is 1. The third-order valence-electron chi connectivity index (χ3n) is 7.84. The molecule has 0 radical (unpaired) electrons. The van der Waals surface area contributed by atoms with Crippen molar-refractivity contribution in [2.45, 2.75) is 69.5 Å². The minimum Gasteiger partial charge on any atom is -0.357 e. The maximum Gasteiger partial charge on any atom is 0.270 e. The highest BCUT2D eigenvalue weighted by Gasteiger charge is 2.49. The second-order valence-corrected chi connectivity index (χ2v) is 11.6. The molecule has 4 aliphatic rings. The molecule has 3 fully saturated rings. The van der Waals surface area contributed by atoms with Gasteiger partial charge < -0.3 is 9.88 Å². The molecular formula is C23H31N3O2S. The van der Waals surface area contributed by atoms with Gasteiger partial charge in [0.2, 0.25) is 0 Å². The van der Waals surface area contributed by atoms with Crippen LogP contribution in [0.3, 0.4) is 0 Å². The van der Waals surface area contributed by atoms with Crippen LogP contribution in [0, 0.1) is 17.3 Å². The van der Waals surface area contributed by atoms with Crippen molar-refractivity contribution >= 4 is 28.6 Å². The van der Waals surface area contributed by atoms with Gasteiger partial charge in [0.05, 0.1) is 5.04 Å². The summed E-state index contributed by atoms with van der Waals surface area (Å²) in [6.07, 6.45) is 12.4. The molecule has 3 heterocycles. The Bertz CT molecular complexity index is 817. The Morgan fingerprint density at radius 1 is 1.28 bits per heavy atom. The Labute approximate surface area is 177 Å². The second-order valence-electron chi connectivity index (χ2n) is 9.99. The highest BCUT2D eigenvalue weighted by Crippen LogP contribution is 2.57. The van der Waals surface area contributed by atoms with Crippen molar-refractivity contribution in [2.24, 2.45) is 22.2 Å². The van der Waals surface area contributed by atoms with Gasteiger partial charge in [-0.3, -0.25) is 9.59 Å². The molecule has 6 heteroatoms. The van der Waals surface area contributed by atoms with Gasteiger partial charge in [0.25, 0.3) is 11.8 Å². The van der Waals surface area contributed by atoms with E-state index in [0.29, 0.717) is 17.0 Å². The van der Waals surface area contributed by atoms with E-state index in [9.17, 15) is 9.59 Å². The lowest BCUT2D eigenvalue weighted by molar-refractivity contribution is -0.119. The molecule has 1 saturated heterocycles. The number of fused-ring (bicyclic) bond motifs is 2. The van der Waals surface area contributed by atoms with E-state index in [1.54, 1.807) is 18.0 Å². The summed E-state index contributed by atoms with van der Waals surface area (Å²) in [6, 6.07) is 3.69.